The number of thiophene rings is 1. The standard InChI is InChI=1S/C25H38N4O3S/c1-7-8-9-17(2)23(30)29(19-12-10-18(11-13-19)28-15-14-26-27-28)20-16-21(25(3,4)5)33-22(20)24(31)32-6/h14-19H,7-13H2,1-6H3. The van der Waals surface area contributed by atoms with Gasteiger partial charge in [-0.1, -0.05) is 52.7 Å². The number of hydrogen-bond donors (Lipinski definition) is 0. The third-order valence-corrected chi connectivity index (χ3v) is 8.11. The summed E-state index contributed by atoms with van der Waals surface area (Å²) in [5, 5.41) is 8.11. The molecule has 1 amide bonds. The largest absolute Gasteiger partial charge is 0.465 e. The lowest BCUT2D eigenvalue weighted by atomic mass is 9.88. The first-order valence-electron chi connectivity index (χ1n) is 12.1. The summed E-state index contributed by atoms with van der Waals surface area (Å²) >= 11 is 1.45. The van der Waals surface area contributed by atoms with Gasteiger partial charge in [-0.25, -0.2) is 9.48 Å². The molecule has 0 saturated heterocycles. The normalized spacial score (nSPS) is 19.8. The smallest absolute Gasteiger partial charge is 0.350 e. The molecule has 0 spiro atoms. The first kappa shape index (κ1) is 25.4. The van der Waals surface area contributed by atoms with Crippen molar-refractivity contribution in [2.24, 2.45) is 5.92 Å². The predicted molar refractivity (Wildman–Crippen MR) is 132 cm³/mol. The highest BCUT2D eigenvalue weighted by molar-refractivity contribution is 7.14. The van der Waals surface area contributed by atoms with Crippen molar-refractivity contribution in [3.05, 3.63) is 28.2 Å². The van der Waals surface area contributed by atoms with Gasteiger partial charge in [0.05, 0.1) is 25.0 Å². The number of methoxy groups -OCH3 is 1. The molecule has 1 atom stereocenters. The van der Waals surface area contributed by atoms with E-state index in [0.717, 1.165) is 49.8 Å². The van der Waals surface area contributed by atoms with E-state index in [1.54, 1.807) is 6.20 Å². The SMILES string of the molecule is CCCCC(C)C(=O)N(c1cc(C(C)(C)C)sc1C(=O)OC)C1CCC(n2ccnn2)CC1. The number of amides is 1. The van der Waals surface area contributed by atoms with Crippen molar-refractivity contribution < 1.29 is 14.3 Å². The van der Waals surface area contributed by atoms with Gasteiger partial charge >= 0.3 is 5.97 Å². The number of ether oxygens (including phenoxy) is 1. The van der Waals surface area contributed by atoms with Crippen LogP contribution in [0.25, 0.3) is 0 Å². The minimum atomic E-state index is -0.374. The van der Waals surface area contributed by atoms with Crippen LogP contribution < -0.4 is 4.90 Å². The van der Waals surface area contributed by atoms with Crippen molar-refractivity contribution in [2.45, 2.75) is 97.1 Å². The molecule has 0 N–H and O–H groups in total. The number of nitrogens with zero attached hydrogens (tertiary/aromatic N) is 4. The molecular weight excluding hydrogens is 436 g/mol. The summed E-state index contributed by atoms with van der Waals surface area (Å²) in [6, 6.07) is 2.39. The van der Waals surface area contributed by atoms with Crippen LogP contribution in [0.3, 0.4) is 0 Å². The molecular formula is C25H38N4O3S. The van der Waals surface area contributed by atoms with Crippen molar-refractivity contribution in [3.8, 4) is 0 Å². The van der Waals surface area contributed by atoms with Crippen LogP contribution >= 0.6 is 11.3 Å². The first-order valence-corrected chi connectivity index (χ1v) is 12.9. The van der Waals surface area contributed by atoms with Crippen molar-refractivity contribution in [3.63, 3.8) is 0 Å². The minimum Gasteiger partial charge on any atom is -0.465 e. The van der Waals surface area contributed by atoms with Gasteiger partial charge in [-0.2, -0.15) is 0 Å². The summed E-state index contributed by atoms with van der Waals surface area (Å²) in [5.41, 5.74) is 0.591. The van der Waals surface area contributed by atoms with Crippen LogP contribution in [0.4, 0.5) is 5.69 Å². The van der Waals surface area contributed by atoms with Crippen molar-refractivity contribution in [2.75, 3.05) is 12.0 Å². The summed E-state index contributed by atoms with van der Waals surface area (Å²) in [6.45, 7) is 10.5. The Bertz CT molecular complexity index is 924. The van der Waals surface area contributed by atoms with E-state index >= 15 is 0 Å². The van der Waals surface area contributed by atoms with E-state index in [1.807, 2.05) is 28.8 Å². The number of rotatable bonds is 8. The van der Waals surface area contributed by atoms with E-state index in [-0.39, 0.29) is 29.3 Å². The van der Waals surface area contributed by atoms with Gasteiger partial charge in [-0.3, -0.25) is 4.79 Å². The van der Waals surface area contributed by atoms with E-state index in [9.17, 15) is 9.59 Å². The lowest BCUT2D eigenvalue weighted by Gasteiger charge is -2.38. The number of carbonyl (C=O) groups excluding carboxylic acids is 2. The third kappa shape index (κ3) is 5.83. The molecule has 2 aromatic heterocycles. The lowest BCUT2D eigenvalue weighted by molar-refractivity contribution is -0.122. The minimum absolute atomic E-state index is 0.0483. The molecule has 0 bridgehead atoms. The molecule has 1 saturated carbocycles. The first-order chi connectivity index (χ1) is 15.7. The molecule has 33 heavy (non-hydrogen) atoms. The van der Waals surface area contributed by atoms with Crippen LogP contribution in [-0.2, 0) is 14.9 Å². The van der Waals surface area contributed by atoms with Gasteiger partial charge in [0.2, 0.25) is 5.91 Å². The summed E-state index contributed by atoms with van der Waals surface area (Å²) in [6.07, 6.45) is 10.1. The molecule has 1 aliphatic carbocycles. The van der Waals surface area contributed by atoms with Crippen molar-refractivity contribution in [1.29, 1.82) is 0 Å². The molecule has 1 fully saturated rings. The molecule has 3 rings (SSSR count). The molecule has 2 aromatic rings. The zero-order chi connectivity index (χ0) is 24.2. The summed E-state index contributed by atoms with van der Waals surface area (Å²) in [7, 11) is 1.40. The second-order valence-corrected chi connectivity index (χ2v) is 11.2. The fourth-order valence-electron chi connectivity index (χ4n) is 4.53. The molecule has 0 aliphatic heterocycles. The number of hydrogen-bond acceptors (Lipinski definition) is 6. The Morgan fingerprint density at radius 2 is 1.97 bits per heavy atom. The molecule has 2 heterocycles. The second kappa shape index (κ2) is 10.8. The van der Waals surface area contributed by atoms with Crippen LogP contribution in [0.1, 0.15) is 100 Å². The third-order valence-electron chi connectivity index (χ3n) is 6.58. The Balaban J connectivity index is 1.96. The highest BCUT2D eigenvalue weighted by atomic mass is 32.1. The Labute approximate surface area is 201 Å². The van der Waals surface area contributed by atoms with Gasteiger partial charge in [0.15, 0.2) is 0 Å². The number of esters is 1. The van der Waals surface area contributed by atoms with Gasteiger partial charge in [0.25, 0.3) is 0 Å². The van der Waals surface area contributed by atoms with Gasteiger partial charge in [0, 0.05) is 23.0 Å². The van der Waals surface area contributed by atoms with Crippen LogP contribution in [0, 0.1) is 5.92 Å². The molecule has 0 aromatic carbocycles. The monoisotopic (exact) mass is 474 g/mol. The van der Waals surface area contributed by atoms with Crippen LogP contribution in [-0.4, -0.2) is 40.0 Å². The maximum absolute atomic E-state index is 13.8. The number of aromatic nitrogens is 3. The molecule has 7 nitrogen and oxygen atoms in total. The Morgan fingerprint density at radius 3 is 2.52 bits per heavy atom. The maximum atomic E-state index is 13.8. The fraction of sp³-hybridized carbons (Fsp3) is 0.680. The van der Waals surface area contributed by atoms with E-state index < -0.39 is 0 Å². The van der Waals surface area contributed by atoms with Crippen molar-refractivity contribution in [1.82, 2.24) is 15.0 Å². The van der Waals surface area contributed by atoms with Crippen LogP contribution in [0.15, 0.2) is 18.5 Å². The van der Waals surface area contributed by atoms with E-state index in [2.05, 4.69) is 38.0 Å². The van der Waals surface area contributed by atoms with Gasteiger partial charge in [-0.15, -0.1) is 16.4 Å². The van der Waals surface area contributed by atoms with E-state index in [0.29, 0.717) is 16.6 Å². The van der Waals surface area contributed by atoms with Crippen LogP contribution in [0.5, 0.6) is 0 Å². The lowest BCUT2D eigenvalue weighted by Crippen LogP contribution is -2.45. The fourth-order valence-corrected chi connectivity index (χ4v) is 5.65. The Kier molecular flexibility index (Phi) is 8.32. The zero-order valence-corrected chi connectivity index (χ0v) is 21.7. The average molecular weight is 475 g/mol. The van der Waals surface area contributed by atoms with Gasteiger partial charge in [0.1, 0.15) is 4.88 Å². The van der Waals surface area contributed by atoms with Crippen molar-refractivity contribution >= 4 is 28.9 Å². The predicted octanol–water partition coefficient (Wildman–Crippen LogP) is 5.77. The summed E-state index contributed by atoms with van der Waals surface area (Å²) in [4.78, 5) is 30.1. The molecule has 1 unspecified atom stereocenters. The van der Waals surface area contributed by atoms with Crippen LogP contribution in [0.2, 0.25) is 0 Å². The topological polar surface area (TPSA) is 77.3 Å². The van der Waals surface area contributed by atoms with E-state index in [1.165, 1.54) is 18.4 Å². The van der Waals surface area contributed by atoms with Gasteiger partial charge in [-0.05, 0) is 43.6 Å². The maximum Gasteiger partial charge on any atom is 0.350 e. The molecule has 182 valence electrons. The molecule has 8 heteroatoms. The quantitative estimate of drug-likeness (QED) is 0.454. The Morgan fingerprint density at radius 1 is 1.27 bits per heavy atom. The highest BCUT2D eigenvalue weighted by Crippen LogP contribution is 2.41. The number of unbranched alkanes of at least 4 members (excludes halogenated alkanes) is 1. The average Bonchev–Trinajstić information content (AvgIpc) is 3.48. The van der Waals surface area contributed by atoms with E-state index in [4.69, 9.17) is 4.74 Å². The summed E-state index contributed by atoms with van der Waals surface area (Å²) < 4.78 is 7.05. The van der Waals surface area contributed by atoms with Gasteiger partial charge < -0.3 is 9.64 Å². The molecule has 1 aliphatic rings. The number of anilines is 1. The Hall–Kier alpha value is -2.22. The summed E-state index contributed by atoms with van der Waals surface area (Å²) in [5.74, 6) is -0.363. The molecule has 0 radical (unpaired) electrons. The zero-order valence-electron chi connectivity index (χ0n) is 20.8. The second-order valence-electron chi connectivity index (χ2n) is 10.2. The highest BCUT2D eigenvalue weighted by Gasteiger charge is 2.36. The number of carbonyl (C=O) groups is 2.